The highest BCUT2D eigenvalue weighted by Gasteiger charge is 2.29. The minimum absolute atomic E-state index is 0.0201. The Kier molecular flexibility index (Phi) is 6.18. The average molecular weight is 423 g/mol. The van der Waals surface area contributed by atoms with Gasteiger partial charge in [0.25, 0.3) is 15.9 Å². The number of hydrogen-bond acceptors (Lipinski definition) is 4. The number of carbonyl (C=O) groups is 1. The van der Waals surface area contributed by atoms with Gasteiger partial charge in [-0.25, -0.2) is 14.3 Å². The summed E-state index contributed by atoms with van der Waals surface area (Å²) in [6.45, 7) is 1.18. The molecule has 0 bridgehead atoms. The zero-order valence-electron chi connectivity index (χ0n) is 13.0. The van der Waals surface area contributed by atoms with Gasteiger partial charge in [-0.1, -0.05) is 34.8 Å². The van der Waals surface area contributed by atoms with E-state index in [9.17, 15) is 13.2 Å². The molecule has 1 amide bonds. The van der Waals surface area contributed by atoms with Gasteiger partial charge in [0.1, 0.15) is 11.4 Å². The smallest absolute Gasteiger partial charge is 0.266 e. The van der Waals surface area contributed by atoms with Crippen LogP contribution in [0.4, 0.5) is 5.69 Å². The fourth-order valence-electron chi connectivity index (χ4n) is 2.07. The maximum absolute atomic E-state index is 13.1. The van der Waals surface area contributed by atoms with Gasteiger partial charge < -0.3 is 0 Å². The molecule has 10 heteroatoms. The summed E-state index contributed by atoms with van der Waals surface area (Å²) >= 11 is 17.9. The van der Waals surface area contributed by atoms with Crippen molar-refractivity contribution in [2.24, 2.45) is 5.84 Å². The number of carbonyl (C=O) groups excluding carboxylic acids is 1. The van der Waals surface area contributed by atoms with Gasteiger partial charge in [0, 0.05) is 10.0 Å². The number of nitrogens with zero attached hydrogens (tertiary/aromatic N) is 1. The number of rotatable bonds is 5. The molecule has 25 heavy (non-hydrogen) atoms. The number of hydrazine groups is 1. The van der Waals surface area contributed by atoms with Gasteiger partial charge in [-0.2, -0.15) is 0 Å². The number of hydrogen-bond donors (Lipinski definition) is 2. The highest BCUT2D eigenvalue weighted by Crippen LogP contribution is 2.32. The molecule has 0 fully saturated rings. The van der Waals surface area contributed by atoms with Gasteiger partial charge in [-0.15, -0.1) is 0 Å². The van der Waals surface area contributed by atoms with Crippen LogP contribution >= 0.6 is 34.8 Å². The molecule has 0 aliphatic rings. The second-order valence-electron chi connectivity index (χ2n) is 5.09. The van der Waals surface area contributed by atoms with Crippen LogP contribution in [0.25, 0.3) is 0 Å². The molecule has 0 radical (unpaired) electrons. The van der Waals surface area contributed by atoms with Crippen LogP contribution in [0.15, 0.2) is 41.3 Å². The largest absolute Gasteiger partial charge is 0.293 e. The first-order valence-electron chi connectivity index (χ1n) is 6.90. The quantitative estimate of drug-likeness (QED) is 0.440. The minimum Gasteiger partial charge on any atom is -0.293 e. The van der Waals surface area contributed by atoms with Gasteiger partial charge in [-0.05, 0) is 48.9 Å². The molecule has 2 aromatic rings. The summed E-state index contributed by atoms with van der Waals surface area (Å²) < 4.78 is 27.1. The minimum atomic E-state index is -4.18. The molecule has 0 aliphatic carbocycles. The van der Waals surface area contributed by atoms with Crippen LogP contribution < -0.4 is 15.6 Å². The number of amides is 1. The summed E-state index contributed by atoms with van der Waals surface area (Å²) in [4.78, 5) is 11.5. The molecule has 0 atom stereocenters. The molecule has 0 aliphatic heterocycles. The number of halogens is 3. The first-order chi connectivity index (χ1) is 11.7. The van der Waals surface area contributed by atoms with Gasteiger partial charge in [0.15, 0.2) is 0 Å². The molecule has 2 rings (SSSR count). The monoisotopic (exact) mass is 421 g/mol. The number of anilines is 1. The zero-order valence-corrected chi connectivity index (χ0v) is 16.0. The second-order valence-corrected chi connectivity index (χ2v) is 8.17. The topological polar surface area (TPSA) is 92.5 Å². The van der Waals surface area contributed by atoms with E-state index in [1.165, 1.54) is 30.3 Å². The van der Waals surface area contributed by atoms with Crippen LogP contribution in [0.5, 0.6) is 0 Å². The second kappa shape index (κ2) is 7.80. The molecular formula is C15H14Cl3N3O3S. The van der Waals surface area contributed by atoms with Crippen LogP contribution in [0.1, 0.15) is 5.56 Å². The maximum atomic E-state index is 13.1. The summed E-state index contributed by atoms with van der Waals surface area (Å²) in [5, 5.41) is 0.636. The van der Waals surface area contributed by atoms with Crippen molar-refractivity contribution in [2.75, 3.05) is 10.8 Å². The Morgan fingerprint density at radius 3 is 2.36 bits per heavy atom. The number of sulfonamides is 1. The predicted octanol–water partition coefficient (Wildman–Crippen LogP) is 3.14. The predicted molar refractivity (Wildman–Crippen MR) is 99.5 cm³/mol. The third-order valence-corrected chi connectivity index (χ3v) is 6.25. The highest BCUT2D eigenvalue weighted by atomic mass is 35.5. The van der Waals surface area contributed by atoms with Crippen molar-refractivity contribution in [1.82, 2.24) is 5.43 Å². The van der Waals surface area contributed by atoms with E-state index in [-0.39, 0.29) is 20.6 Å². The van der Waals surface area contributed by atoms with Crippen molar-refractivity contribution >= 4 is 56.4 Å². The third-order valence-electron chi connectivity index (χ3n) is 3.34. The van der Waals surface area contributed by atoms with E-state index >= 15 is 0 Å². The normalized spacial score (nSPS) is 11.2. The molecule has 0 saturated carbocycles. The van der Waals surface area contributed by atoms with E-state index in [0.717, 1.165) is 4.31 Å². The SMILES string of the molecule is Cc1cc(N(CC(=O)NN)S(=O)(=O)c2cc(Cl)ccc2Cl)ccc1Cl. The number of nitrogens with two attached hydrogens (primary N) is 1. The van der Waals surface area contributed by atoms with E-state index in [4.69, 9.17) is 40.6 Å². The zero-order chi connectivity index (χ0) is 18.8. The van der Waals surface area contributed by atoms with Crippen LogP contribution in [0, 0.1) is 6.92 Å². The molecule has 0 heterocycles. The molecule has 2 aromatic carbocycles. The summed E-state index contributed by atoms with van der Waals surface area (Å²) in [5.41, 5.74) is 2.79. The van der Waals surface area contributed by atoms with Crippen molar-refractivity contribution in [3.63, 3.8) is 0 Å². The van der Waals surface area contributed by atoms with E-state index in [1.54, 1.807) is 13.0 Å². The summed E-state index contributed by atoms with van der Waals surface area (Å²) in [6.07, 6.45) is 0. The molecule has 134 valence electrons. The summed E-state index contributed by atoms with van der Waals surface area (Å²) in [5.74, 6) is 4.40. The van der Waals surface area contributed by atoms with Gasteiger partial charge >= 0.3 is 0 Å². The highest BCUT2D eigenvalue weighted by molar-refractivity contribution is 7.93. The standard InChI is InChI=1S/C15H14Cl3N3O3S/c1-9-6-11(3-5-12(9)17)21(8-15(22)20-19)25(23,24)14-7-10(16)2-4-13(14)18/h2-7H,8,19H2,1H3,(H,20,22). The Hall–Kier alpha value is -1.51. The lowest BCUT2D eigenvalue weighted by Crippen LogP contribution is -2.43. The van der Waals surface area contributed by atoms with Gasteiger partial charge in [0.2, 0.25) is 0 Å². The van der Waals surface area contributed by atoms with Crippen molar-refractivity contribution < 1.29 is 13.2 Å². The van der Waals surface area contributed by atoms with Crippen molar-refractivity contribution in [3.8, 4) is 0 Å². The molecule has 6 nitrogen and oxygen atoms in total. The Labute approximate surface area is 160 Å². The van der Waals surface area contributed by atoms with E-state index in [2.05, 4.69) is 0 Å². The molecule has 0 spiro atoms. The Balaban J connectivity index is 2.63. The molecule has 0 unspecified atom stereocenters. The first kappa shape index (κ1) is 19.8. The summed E-state index contributed by atoms with van der Waals surface area (Å²) in [6, 6.07) is 8.61. The first-order valence-corrected chi connectivity index (χ1v) is 9.47. The summed E-state index contributed by atoms with van der Waals surface area (Å²) in [7, 11) is -4.18. The Bertz CT molecular complexity index is 919. The number of aryl methyl sites for hydroxylation is 1. The van der Waals surface area contributed by atoms with E-state index in [1.807, 2.05) is 5.43 Å². The van der Waals surface area contributed by atoms with Gasteiger partial charge in [0.05, 0.1) is 10.7 Å². The lowest BCUT2D eigenvalue weighted by atomic mass is 10.2. The van der Waals surface area contributed by atoms with Crippen LogP contribution in [-0.4, -0.2) is 20.9 Å². The van der Waals surface area contributed by atoms with Crippen LogP contribution in [-0.2, 0) is 14.8 Å². The Morgan fingerprint density at radius 1 is 1.12 bits per heavy atom. The van der Waals surface area contributed by atoms with Crippen LogP contribution in [0.2, 0.25) is 15.1 Å². The average Bonchev–Trinajstić information content (AvgIpc) is 2.57. The molecule has 0 aromatic heterocycles. The fourth-order valence-corrected chi connectivity index (χ4v) is 4.34. The van der Waals surface area contributed by atoms with E-state index in [0.29, 0.717) is 10.6 Å². The third kappa shape index (κ3) is 4.37. The fraction of sp³-hybridized carbons (Fsp3) is 0.133. The molecule has 0 saturated heterocycles. The van der Waals surface area contributed by atoms with Gasteiger partial charge in [-0.3, -0.25) is 14.5 Å². The van der Waals surface area contributed by atoms with Crippen molar-refractivity contribution in [2.45, 2.75) is 11.8 Å². The van der Waals surface area contributed by atoms with Crippen LogP contribution in [0.3, 0.4) is 0 Å². The van der Waals surface area contributed by atoms with Crippen molar-refractivity contribution in [3.05, 3.63) is 57.0 Å². The maximum Gasteiger partial charge on any atom is 0.266 e. The Morgan fingerprint density at radius 2 is 1.76 bits per heavy atom. The van der Waals surface area contributed by atoms with E-state index < -0.39 is 22.5 Å². The number of nitrogens with one attached hydrogen (secondary N) is 1. The number of benzene rings is 2. The molecule has 3 N–H and O–H groups in total. The lowest BCUT2D eigenvalue weighted by molar-refractivity contribution is -0.119. The lowest BCUT2D eigenvalue weighted by Gasteiger charge is -2.24. The molecular weight excluding hydrogens is 409 g/mol. The van der Waals surface area contributed by atoms with Crippen molar-refractivity contribution in [1.29, 1.82) is 0 Å².